The Labute approximate surface area is 786 Å². The highest BCUT2D eigenvalue weighted by Crippen LogP contribution is 2.60. The van der Waals surface area contributed by atoms with Crippen molar-refractivity contribution in [3.63, 3.8) is 0 Å². The van der Waals surface area contributed by atoms with Crippen molar-refractivity contribution in [2.75, 3.05) is 121 Å². The molecule has 1 aromatic heterocycles. The van der Waals surface area contributed by atoms with Gasteiger partial charge in [0.05, 0.1) is 98.3 Å². The van der Waals surface area contributed by atoms with Gasteiger partial charge >= 0.3 is 17.9 Å². The molecule has 5 fully saturated rings. The van der Waals surface area contributed by atoms with Crippen molar-refractivity contribution in [3.8, 4) is 34.5 Å². The van der Waals surface area contributed by atoms with Gasteiger partial charge in [-0.05, 0) is 330 Å². The van der Waals surface area contributed by atoms with Gasteiger partial charge in [-0.15, -0.1) is 0 Å². The Morgan fingerprint density at radius 1 is 0.433 bits per heavy atom. The molecule has 7 N–H and O–H groups in total. The fourth-order valence-electron chi connectivity index (χ4n) is 23.8. The van der Waals surface area contributed by atoms with Crippen molar-refractivity contribution in [2.24, 2.45) is 0 Å². The van der Waals surface area contributed by atoms with Gasteiger partial charge in [0, 0.05) is 51.9 Å². The minimum atomic E-state index is -2.14. The summed E-state index contributed by atoms with van der Waals surface area (Å²) in [5.41, 5.74) is -4.05. The van der Waals surface area contributed by atoms with Gasteiger partial charge in [0.25, 0.3) is 0 Å². The number of methoxy groups -OCH3 is 3. The number of esters is 3. The molecular weight excluding hydrogens is 1720 g/mol. The largest absolute Gasteiger partial charge is 0.497 e. The maximum atomic E-state index is 14.3. The number of piperidine rings is 2. The van der Waals surface area contributed by atoms with E-state index in [1.165, 1.54) is 0 Å². The van der Waals surface area contributed by atoms with Crippen LogP contribution in [0.15, 0.2) is 88.5 Å². The van der Waals surface area contributed by atoms with E-state index in [-0.39, 0.29) is 88.6 Å². The van der Waals surface area contributed by atoms with Crippen LogP contribution in [0.3, 0.4) is 0 Å². The van der Waals surface area contributed by atoms with Crippen LogP contribution in [-0.2, 0) is 83.0 Å². The van der Waals surface area contributed by atoms with Crippen molar-refractivity contribution in [1.29, 1.82) is 0 Å². The monoisotopic (exact) mass is 1860 g/mol. The lowest BCUT2D eigenvalue weighted by Crippen LogP contribution is -2.51. The predicted molar refractivity (Wildman–Crippen MR) is 491 cm³/mol. The molecule has 134 heavy (non-hydrogen) atoms. The summed E-state index contributed by atoms with van der Waals surface area (Å²) in [4.78, 5) is 95.7. The number of hydrogen-bond donors (Lipinski definition) is 7. The highest BCUT2D eigenvalue weighted by molar-refractivity contribution is 5.90. The summed E-state index contributed by atoms with van der Waals surface area (Å²) < 4.78 is 76.6. The van der Waals surface area contributed by atoms with Gasteiger partial charge in [-0.2, -0.15) is 0 Å². The van der Waals surface area contributed by atoms with E-state index >= 15 is 0 Å². The molecule has 32 nitrogen and oxygen atoms in total. The second kappa shape index (κ2) is 39.3. The number of hydrogen-bond acceptors (Lipinski definition) is 29. The van der Waals surface area contributed by atoms with Gasteiger partial charge in [-0.25, -0.2) is 14.4 Å². The lowest BCUT2D eigenvalue weighted by molar-refractivity contribution is -0.177. The number of furan rings is 1. The first-order valence-corrected chi connectivity index (χ1v) is 48.6. The molecular formula is C102H141N7O25. The molecule has 11 aliphatic heterocycles. The van der Waals surface area contributed by atoms with E-state index in [0.717, 1.165) is 174 Å². The predicted octanol–water partition coefficient (Wildman–Crippen LogP) is 10.0. The van der Waals surface area contributed by atoms with Crippen molar-refractivity contribution in [1.82, 2.24) is 34.7 Å². The van der Waals surface area contributed by atoms with Gasteiger partial charge in [0.15, 0.2) is 69.6 Å². The van der Waals surface area contributed by atoms with E-state index < -0.39 is 98.8 Å². The summed E-state index contributed by atoms with van der Waals surface area (Å²) >= 11 is 0. The minimum Gasteiger partial charge on any atom is -0.497 e. The fraction of sp³-hybridized carbons (Fsp3) is 0.667. The number of ether oxygens (including phenoxy) is 12. The zero-order valence-corrected chi connectivity index (χ0v) is 80.3. The third kappa shape index (κ3) is 20.4. The normalized spacial score (nSPS) is 26.7. The van der Waals surface area contributed by atoms with E-state index in [9.17, 15) is 59.4 Å². The molecule has 32 heteroatoms. The van der Waals surface area contributed by atoms with Crippen LogP contribution in [0, 0.1) is 6.92 Å². The van der Waals surface area contributed by atoms with E-state index in [2.05, 4.69) is 43.1 Å². The van der Waals surface area contributed by atoms with Gasteiger partial charge in [0.1, 0.15) is 28.8 Å². The summed E-state index contributed by atoms with van der Waals surface area (Å²) in [7, 11) is 8.82. The molecule has 3 spiro atoms. The van der Waals surface area contributed by atoms with Gasteiger partial charge < -0.3 is 112 Å². The number of fused-ring (bicyclic) bond motifs is 9. The zero-order valence-electron chi connectivity index (χ0n) is 80.3. The van der Waals surface area contributed by atoms with Crippen LogP contribution in [0.4, 0.5) is 0 Å². The van der Waals surface area contributed by atoms with Crippen LogP contribution in [0.25, 0.3) is 0 Å². The molecule has 0 unspecified atom stereocenters. The number of carbonyl (C=O) groups excluding carboxylic acids is 6. The van der Waals surface area contributed by atoms with Crippen molar-refractivity contribution in [2.45, 2.75) is 314 Å². The Balaban J connectivity index is 0.000000146. The first kappa shape index (κ1) is 97.8. The summed E-state index contributed by atoms with van der Waals surface area (Å²) in [6.07, 6.45) is 17.3. The Bertz CT molecular complexity index is 5070. The molecule has 0 radical (unpaired) electrons. The van der Waals surface area contributed by atoms with Gasteiger partial charge in [-0.3, -0.25) is 29.1 Å². The van der Waals surface area contributed by atoms with Gasteiger partial charge in [0.2, 0.25) is 38.1 Å². The Morgan fingerprint density at radius 2 is 0.769 bits per heavy atom. The van der Waals surface area contributed by atoms with Crippen LogP contribution in [-0.4, -0.2) is 291 Å². The second-order valence-corrected chi connectivity index (χ2v) is 41.8. The molecule has 0 saturated carbocycles. The Kier molecular flexibility index (Phi) is 28.7. The Morgan fingerprint density at radius 3 is 1.09 bits per heavy atom. The lowest BCUT2D eigenvalue weighted by atomic mass is 9.77. The fourth-order valence-corrected chi connectivity index (χ4v) is 23.8. The third-order valence-corrected chi connectivity index (χ3v) is 30.7. The van der Waals surface area contributed by atoms with E-state index in [0.29, 0.717) is 123 Å². The molecule has 5 saturated heterocycles. The van der Waals surface area contributed by atoms with Crippen LogP contribution in [0.1, 0.15) is 252 Å². The van der Waals surface area contributed by atoms with E-state index in [1.54, 1.807) is 84.8 Å². The molecule has 14 aliphatic rings. The highest BCUT2D eigenvalue weighted by atomic mass is 16.7. The standard InChI is InChI=1S/C35H51N3O8.C34H44N2O9.C33H46N2O8/c1-33(2,41)11-6-13-35(42,21-29(39)37-15-9-24(10-16-37)36(3)4)32(40)46-31-28(43-5)20-34-12-7-14-38(34)17-8-23-18-26-27(45-22-44-26)19-25(23)30(31)34;1-21-7-8-23(44-21)19-35-28(37)18-34(40,12-5-10-32(2,3)39)31(38)45-30-27(41-4)17-33-11-6-13-36(33)14-9-22-15-25-26(43-20-42-25)16-24(22)29(30)33;1-31(2,38)10-7-12-33(39,20-27(36)34-13-5-4-6-14-34)30(37)43-29-26(40-3)19-32-11-8-15-35(32)16-9-22-17-24-25(42-21-41-24)18-23(22)28(29)32/h18-20,24,30-31,41-42H,6-17,21-22H2,1-5H3;7-8,15-17,29-30,39-40H,5-6,9-14,18-20H2,1-4H3,(H,35,37);17-19,28-29,38-39H,4-16,20-21H2,1-3H3/t30-,31-,34+,35-;29-,30-,33+,34-;28-,29-,32+,33-/m111/s1. The molecule has 3 aromatic carbocycles. The number of carbonyl (C=O) groups is 6. The number of nitrogens with zero attached hydrogens (tertiary/aromatic N) is 6. The maximum Gasteiger partial charge on any atom is 0.339 e. The van der Waals surface area contributed by atoms with Crippen LogP contribution >= 0.6 is 0 Å². The number of rotatable bonds is 30. The molecule has 3 amide bonds. The van der Waals surface area contributed by atoms with Crippen LogP contribution in [0.5, 0.6) is 34.5 Å². The second-order valence-electron chi connectivity index (χ2n) is 41.8. The van der Waals surface area contributed by atoms with Crippen LogP contribution < -0.4 is 33.7 Å². The number of nitrogens with one attached hydrogen (secondary N) is 1. The lowest BCUT2D eigenvalue weighted by Gasteiger charge is -2.40. The number of aliphatic hydroxyl groups is 6. The quantitative estimate of drug-likeness (QED) is 0.0188. The number of likely N-dealkylation sites (tertiary alicyclic amines) is 2. The first-order chi connectivity index (χ1) is 63.8. The molecule has 12 atom stereocenters. The van der Waals surface area contributed by atoms with Crippen molar-refractivity contribution < 1.29 is 121 Å². The maximum absolute atomic E-state index is 14.3. The number of amides is 3. The smallest absolute Gasteiger partial charge is 0.339 e. The average molecular weight is 1870 g/mol. The van der Waals surface area contributed by atoms with E-state index in [1.807, 2.05) is 57.4 Å². The number of benzene rings is 3. The summed E-state index contributed by atoms with van der Waals surface area (Å²) in [6.45, 7) is 20.2. The van der Waals surface area contributed by atoms with Crippen molar-refractivity contribution >= 4 is 35.6 Å². The number of aryl methyl sites for hydroxylation is 1. The molecule has 12 heterocycles. The minimum absolute atomic E-state index is 0.00532. The topological polar surface area (TPSA) is 379 Å². The highest BCUT2D eigenvalue weighted by Gasteiger charge is 2.63. The van der Waals surface area contributed by atoms with Gasteiger partial charge in [-0.1, -0.05) is 0 Å². The molecule has 18 rings (SSSR count). The molecule has 4 aromatic rings. The summed E-state index contributed by atoms with van der Waals surface area (Å²) in [6, 6.07) is 16.1. The first-order valence-electron chi connectivity index (χ1n) is 48.6. The van der Waals surface area contributed by atoms with E-state index in [4.69, 9.17) is 61.3 Å². The zero-order chi connectivity index (χ0) is 95.2. The molecule has 734 valence electrons. The SMILES string of the molecule is COC1=C[C@]23CCCN2CCc2cc4c(cc2[C@@H]3[C@@H]1OC(=O)[C@@](O)(CCCC(C)(C)O)CC(=O)N1CCC(N(C)C)CC1)OCO4.COC1=C[C@]23CCCN2CCc2cc4c(cc2[C@@H]3[C@@H]1OC(=O)[C@@](O)(CCCC(C)(C)O)CC(=O)N1CCCCC1)OCO4.COC1=C[C@]23CCCN2CCc2cc4c(cc2[C@@H]3[C@@H]1OC(=O)[C@@](O)(CCCC(C)(C)O)CC(=O)NCc1ccc(C)o1)OCO4. The molecule has 3 aliphatic carbocycles. The average Bonchev–Trinajstić information content (AvgIpc) is 1.56. The van der Waals surface area contributed by atoms with Crippen molar-refractivity contribution in [3.05, 3.63) is 129 Å². The molecule has 0 bridgehead atoms. The summed E-state index contributed by atoms with van der Waals surface area (Å²) in [5.74, 6) is 2.55. The Hall–Kier alpha value is -9.22. The third-order valence-electron chi connectivity index (χ3n) is 30.7. The van der Waals surface area contributed by atoms with Crippen LogP contribution in [0.2, 0.25) is 0 Å². The summed E-state index contributed by atoms with van der Waals surface area (Å²) in [5, 5.41) is 69.7.